The lowest BCUT2D eigenvalue weighted by Gasteiger charge is -2.49. The van der Waals surface area contributed by atoms with E-state index in [1.54, 1.807) is 35.2 Å². The number of halogens is 2. The fourth-order valence-corrected chi connectivity index (χ4v) is 7.41. The number of carbonyl (C=O) groups excluding carboxylic acids is 3. The maximum atomic E-state index is 12.9. The number of benzene rings is 1. The van der Waals surface area contributed by atoms with E-state index in [1.165, 1.54) is 40.2 Å². The number of nitrogens with zero attached hydrogens (tertiary/aromatic N) is 2. The molecule has 3 heterocycles. The number of amides is 3. The minimum absolute atomic E-state index is 0.0290. The first-order chi connectivity index (χ1) is 17.6. The first-order valence-electron chi connectivity index (χ1n) is 10.8. The molecule has 9 nitrogen and oxygen atoms in total. The number of β-lactam (4-membered cyclic amide) rings is 1. The quantitative estimate of drug-likeness (QED) is 0.215. The molecule has 1 aromatic heterocycles. The van der Waals surface area contributed by atoms with Crippen LogP contribution in [-0.2, 0) is 25.7 Å². The second kappa shape index (κ2) is 12.0. The molecular weight excluding hydrogens is 579 g/mol. The Kier molecular flexibility index (Phi) is 8.96. The highest BCUT2D eigenvalue weighted by atomic mass is 35.5. The molecule has 0 spiro atoms. The molecule has 2 aromatic rings. The van der Waals surface area contributed by atoms with Crippen LogP contribution in [0.15, 0.2) is 63.8 Å². The summed E-state index contributed by atoms with van der Waals surface area (Å²) in [5, 5.41) is 13.1. The summed E-state index contributed by atoms with van der Waals surface area (Å²) in [5.74, 6) is -1.63. The monoisotopic (exact) mass is 599 g/mol. The average Bonchev–Trinajstić information content (AvgIpc) is 2.86. The second-order valence-corrected chi connectivity index (χ2v) is 12.1. The van der Waals surface area contributed by atoms with Gasteiger partial charge in [-0.1, -0.05) is 23.2 Å². The van der Waals surface area contributed by atoms with Crippen LogP contribution in [0, 0.1) is 0 Å². The second-order valence-electron chi connectivity index (χ2n) is 8.04. The van der Waals surface area contributed by atoms with Crippen LogP contribution >= 0.6 is 58.5 Å². The van der Waals surface area contributed by atoms with E-state index in [2.05, 4.69) is 5.32 Å². The van der Waals surface area contributed by atoms with E-state index >= 15 is 0 Å². The van der Waals surface area contributed by atoms with Gasteiger partial charge in [0.1, 0.15) is 17.1 Å². The molecule has 0 radical (unpaired) electrons. The van der Waals surface area contributed by atoms with Gasteiger partial charge in [0.25, 0.3) is 11.8 Å². The SMILES string of the molecule is NC(=O)C[n+]1ccc(SCC2=C(C(=O)O)N3C(=O)[C@H](NC(=O)CSc4cc(Cl)ccc4Cl)[C@H]3SC2)cc1. The molecule has 3 amide bonds. The van der Waals surface area contributed by atoms with E-state index < -0.39 is 29.2 Å². The molecule has 0 saturated carbocycles. The molecule has 2 aliphatic rings. The Labute approximate surface area is 235 Å². The molecule has 4 rings (SSSR count). The highest BCUT2D eigenvalue weighted by Gasteiger charge is 2.54. The highest BCUT2D eigenvalue weighted by Crippen LogP contribution is 2.41. The van der Waals surface area contributed by atoms with E-state index in [4.69, 9.17) is 28.9 Å². The van der Waals surface area contributed by atoms with E-state index in [9.17, 15) is 24.3 Å². The van der Waals surface area contributed by atoms with Crippen molar-refractivity contribution in [1.29, 1.82) is 0 Å². The molecule has 1 saturated heterocycles. The number of nitrogens with two attached hydrogens (primary N) is 1. The van der Waals surface area contributed by atoms with Gasteiger partial charge in [-0.05, 0) is 23.8 Å². The zero-order valence-corrected chi connectivity index (χ0v) is 23.0. The first-order valence-corrected chi connectivity index (χ1v) is 14.6. The molecular formula is C23H21Cl2N4O5S3+. The Morgan fingerprint density at radius 3 is 2.59 bits per heavy atom. The lowest BCUT2D eigenvalue weighted by atomic mass is 10.0. The molecule has 2 aliphatic heterocycles. The fraction of sp³-hybridized carbons (Fsp3) is 0.261. The number of hydrogen-bond donors (Lipinski definition) is 3. The van der Waals surface area contributed by atoms with Gasteiger partial charge < -0.3 is 16.2 Å². The van der Waals surface area contributed by atoms with Gasteiger partial charge in [-0.25, -0.2) is 4.79 Å². The van der Waals surface area contributed by atoms with Crippen molar-refractivity contribution < 1.29 is 28.9 Å². The van der Waals surface area contributed by atoms with Crippen molar-refractivity contribution in [3.05, 3.63) is 64.0 Å². The Hall–Kier alpha value is -2.38. The minimum Gasteiger partial charge on any atom is -0.477 e. The largest absolute Gasteiger partial charge is 0.477 e. The summed E-state index contributed by atoms with van der Waals surface area (Å²) in [7, 11) is 0. The number of rotatable bonds is 10. The maximum Gasteiger partial charge on any atom is 0.352 e. The van der Waals surface area contributed by atoms with E-state index in [-0.39, 0.29) is 23.9 Å². The smallest absolute Gasteiger partial charge is 0.352 e. The van der Waals surface area contributed by atoms with Gasteiger partial charge in [0.05, 0.1) is 10.8 Å². The number of nitrogens with one attached hydrogen (secondary N) is 1. The van der Waals surface area contributed by atoms with Crippen molar-refractivity contribution in [2.45, 2.75) is 27.8 Å². The van der Waals surface area contributed by atoms with Gasteiger partial charge in [-0.15, -0.1) is 35.3 Å². The third kappa shape index (κ3) is 6.55. The van der Waals surface area contributed by atoms with Gasteiger partial charge in [0.15, 0.2) is 12.4 Å². The Balaban J connectivity index is 1.37. The predicted octanol–water partition coefficient (Wildman–Crippen LogP) is 2.39. The van der Waals surface area contributed by atoms with Gasteiger partial charge in [-0.3, -0.25) is 19.3 Å². The summed E-state index contributed by atoms with van der Waals surface area (Å²) in [6.07, 6.45) is 3.44. The zero-order valence-electron chi connectivity index (χ0n) is 19.1. The molecule has 1 aromatic carbocycles. The Morgan fingerprint density at radius 1 is 1.19 bits per heavy atom. The first kappa shape index (κ1) is 27.6. The summed E-state index contributed by atoms with van der Waals surface area (Å²) in [5.41, 5.74) is 5.78. The number of thioether (sulfide) groups is 3. The molecule has 1 fully saturated rings. The molecule has 194 valence electrons. The molecule has 0 aliphatic carbocycles. The van der Waals surface area contributed by atoms with Crippen LogP contribution in [0.4, 0.5) is 0 Å². The van der Waals surface area contributed by atoms with E-state index in [0.717, 1.165) is 4.90 Å². The summed E-state index contributed by atoms with van der Waals surface area (Å²) < 4.78 is 1.64. The number of carbonyl (C=O) groups is 4. The van der Waals surface area contributed by atoms with Crippen molar-refractivity contribution in [2.75, 3.05) is 17.3 Å². The average molecular weight is 601 g/mol. The van der Waals surface area contributed by atoms with Crippen LogP contribution in [0.25, 0.3) is 0 Å². The minimum atomic E-state index is -1.18. The molecule has 0 bridgehead atoms. The standard InChI is InChI=1S/C23H20Cl2N4O5S3/c24-13-1-2-15(25)16(7-13)36-11-18(31)27-19-21(32)29-20(23(33)34)12(10-37-22(19)29)9-35-14-3-5-28(6-4-14)8-17(26)30/h1-7,19,22H,8-11H2,(H3-,26,27,30,31,33,34)/p+1/t19-,22+/m0/s1. The molecule has 37 heavy (non-hydrogen) atoms. The summed E-state index contributed by atoms with van der Waals surface area (Å²) in [4.78, 5) is 51.3. The van der Waals surface area contributed by atoms with Gasteiger partial charge >= 0.3 is 5.97 Å². The summed E-state index contributed by atoms with van der Waals surface area (Å²) in [6, 6.07) is 7.77. The summed E-state index contributed by atoms with van der Waals surface area (Å²) in [6.45, 7) is 0.0686. The normalized spacial score (nSPS) is 18.8. The lowest BCUT2D eigenvalue weighted by molar-refractivity contribution is -0.684. The van der Waals surface area contributed by atoms with Crippen LogP contribution in [0.2, 0.25) is 10.0 Å². The third-order valence-corrected chi connectivity index (χ3v) is 9.60. The number of aromatic nitrogens is 1. The number of hydrogen-bond acceptors (Lipinski definition) is 7. The maximum absolute atomic E-state index is 12.9. The van der Waals surface area contributed by atoms with Gasteiger partial charge in [-0.2, -0.15) is 4.57 Å². The molecule has 4 N–H and O–H groups in total. The lowest BCUT2D eigenvalue weighted by Crippen LogP contribution is -2.70. The third-order valence-electron chi connectivity index (χ3n) is 5.43. The number of carboxylic acids is 1. The topological polar surface area (TPSA) is 134 Å². The number of fused-ring (bicyclic) bond motifs is 1. The number of carboxylic acid groups (broad SMARTS) is 1. The van der Waals surface area contributed by atoms with Crippen LogP contribution in [0.3, 0.4) is 0 Å². The summed E-state index contributed by atoms with van der Waals surface area (Å²) >= 11 is 16.2. The molecule has 2 atom stereocenters. The van der Waals surface area contributed by atoms with Crippen LogP contribution < -0.4 is 15.6 Å². The van der Waals surface area contributed by atoms with Gasteiger partial charge in [0.2, 0.25) is 12.5 Å². The predicted molar refractivity (Wildman–Crippen MR) is 143 cm³/mol. The Morgan fingerprint density at radius 2 is 1.92 bits per heavy atom. The van der Waals surface area contributed by atoms with Crippen LogP contribution in [0.5, 0.6) is 0 Å². The van der Waals surface area contributed by atoms with Gasteiger partial charge in [0, 0.05) is 38.5 Å². The van der Waals surface area contributed by atoms with Crippen LogP contribution in [-0.4, -0.2) is 62.4 Å². The number of primary amides is 1. The fourth-order valence-electron chi connectivity index (χ4n) is 3.74. The molecule has 14 heteroatoms. The van der Waals surface area contributed by atoms with E-state index in [0.29, 0.717) is 32.0 Å². The number of aliphatic carboxylic acids is 1. The van der Waals surface area contributed by atoms with E-state index in [1.807, 2.05) is 12.1 Å². The van der Waals surface area contributed by atoms with Crippen molar-refractivity contribution in [2.24, 2.45) is 5.73 Å². The van der Waals surface area contributed by atoms with Crippen molar-refractivity contribution >= 4 is 82.2 Å². The zero-order chi connectivity index (χ0) is 26.7. The van der Waals surface area contributed by atoms with Crippen molar-refractivity contribution in [3.8, 4) is 0 Å². The highest BCUT2D eigenvalue weighted by molar-refractivity contribution is 8.01. The van der Waals surface area contributed by atoms with Crippen LogP contribution in [0.1, 0.15) is 0 Å². The number of pyridine rings is 1. The van der Waals surface area contributed by atoms with Crippen molar-refractivity contribution in [3.63, 3.8) is 0 Å². The van der Waals surface area contributed by atoms with Crippen molar-refractivity contribution in [1.82, 2.24) is 10.2 Å². The molecule has 0 unspecified atom stereocenters. The Bertz CT molecular complexity index is 1290.